The van der Waals surface area contributed by atoms with E-state index in [-0.39, 0.29) is 15.5 Å². The van der Waals surface area contributed by atoms with E-state index in [1.54, 1.807) is 0 Å². The second-order valence-electron chi connectivity index (χ2n) is 4.53. The zero-order valence-electron chi connectivity index (χ0n) is 11.4. The average molecular weight is 356 g/mol. The largest absolute Gasteiger partial charge is 0.475 e. The number of hydrogen-bond acceptors (Lipinski definition) is 5. The summed E-state index contributed by atoms with van der Waals surface area (Å²) >= 11 is 5.70. The fraction of sp³-hybridized carbons (Fsp3) is 0.0714. The second kappa shape index (κ2) is 6.35. The first-order chi connectivity index (χ1) is 10.7. The zero-order chi connectivity index (χ0) is 17.2. The number of carbonyl (C=O) groups excluding carboxylic acids is 2. The minimum atomic E-state index is -3.86. The lowest BCUT2D eigenvalue weighted by Gasteiger charge is -2.01. The number of sulfone groups is 1. The Kier molecular flexibility index (Phi) is 4.67. The topological polar surface area (TPSA) is 121 Å². The van der Waals surface area contributed by atoms with E-state index in [0.29, 0.717) is 5.02 Å². The molecule has 9 heteroatoms. The maximum Gasteiger partial charge on any atom is 0.372 e. The van der Waals surface area contributed by atoms with Crippen molar-refractivity contribution in [1.82, 2.24) is 4.98 Å². The number of carbonyl (C=O) groups is 3. The van der Waals surface area contributed by atoms with Crippen LogP contribution in [0.25, 0.3) is 0 Å². The Labute approximate surface area is 135 Å². The molecule has 0 spiro atoms. The van der Waals surface area contributed by atoms with Crippen LogP contribution >= 0.6 is 11.6 Å². The van der Waals surface area contributed by atoms with E-state index >= 15 is 0 Å². The van der Waals surface area contributed by atoms with Crippen LogP contribution in [-0.4, -0.2) is 36.0 Å². The number of aliphatic carboxylic acids is 1. The first kappa shape index (κ1) is 16.9. The molecule has 0 radical (unpaired) electrons. The standard InChI is InChI=1S/C14H10ClNO6S/c15-8-1-3-9(4-2-8)23(21,22)10-5-11(16-7-10)12(17)6-13(18)14(19)20/h1-5,7,16H,6H2,(H,19,20). The molecule has 0 amide bonds. The molecular weight excluding hydrogens is 346 g/mol. The Bertz CT molecular complexity index is 882. The number of nitrogens with one attached hydrogen (secondary N) is 1. The summed E-state index contributed by atoms with van der Waals surface area (Å²) in [5.41, 5.74) is -0.160. The van der Waals surface area contributed by atoms with Crippen molar-refractivity contribution in [3.8, 4) is 0 Å². The van der Waals surface area contributed by atoms with Crippen molar-refractivity contribution in [2.45, 2.75) is 16.2 Å². The normalized spacial score (nSPS) is 11.2. The summed E-state index contributed by atoms with van der Waals surface area (Å²) < 4.78 is 24.8. The fourth-order valence-electron chi connectivity index (χ4n) is 1.76. The van der Waals surface area contributed by atoms with Gasteiger partial charge in [0, 0.05) is 11.2 Å². The van der Waals surface area contributed by atoms with Crippen LogP contribution in [0.1, 0.15) is 16.9 Å². The number of carboxylic acid groups (broad SMARTS) is 1. The Morgan fingerprint density at radius 2 is 1.70 bits per heavy atom. The number of aromatic nitrogens is 1. The number of ketones is 2. The summed E-state index contributed by atoms with van der Waals surface area (Å²) in [6.07, 6.45) is 0.249. The molecule has 0 aliphatic rings. The number of Topliss-reactive ketones (excluding diaryl/α,β-unsaturated/α-hetero) is 2. The Hall–Kier alpha value is -2.45. The molecule has 0 aliphatic heterocycles. The molecule has 0 unspecified atom stereocenters. The van der Waals surface area contributed by atoms with Gasteiger partial charge in [-0.25, -0.2) is 13.2 Å². The maximum absolute atomic E-state index is 12.4. The van der Waals surface area contributed by atoms with Crippen LogP contribution in [-0.2, 0) is 19.4 Å². The van der Waals surface area contributed by atoms with Gasteiger partial charge in [-0.3, -0.25) is 9.59 Å². The molecule has 2 aromatic rings. The molecule has 120 valence electrons. The van der Waals surface area contributed by atoms with E-state index in [1.165, 1.54) is 24.3 Å². The minimum Gasteiger partial charge on any atom is -0.475 e. The molecule has 0 bridgehead atoms. The van der Waals surface area contributed by atoms with Gasteiger partial charge in [0.1, 0.15) is 0 Å². The third-order valence-corrected chi connectivity index (χ3v) is 4.95. The van der Waals surface area contributed by atoms with Crippen molar-refractivity contribution in [2.75, 3.05) is 0 Å². The van der Waals surface area contributed by atoms with Gasteiger partial charge in [0.15, 0.2) is 5.78 Å². The van der Waals surface area contributed by atoms with Crippen LogP contribution < -0.4 is 0 Å². The summed E-state index contributed by atoms with van der Waals surface area (Å²) in [6.45, 7) is 0. The van der Waals surface area contributed by atoms with Crippen LogP contribution in [0, 0.1) is 0 Å². The van der Waals surface area contributed by atoms with Gasteiger partial charge in [-0.15, -0.1) is 0 Å². The number of benzene rings is 1. The Morgan fingerprint density at radius 3 is 2.26 bits per heavy atom. The number of carboxylic acids is 1. The molecule has 0 atom stereocenters. The summed E-state index contributed by atoms with van der Waals surface area (Å²) in [7, 11) is -3.86. The van der Waals surface area contributed by atoms with Gasteiger partial charge in [-0.05, 0) is 30.3 Å². The van der Waals surface area contributed by atoms with Crippen LogP contribution in [0.3, 0.4) is 0 Å². The molecule has 0 aliphatic carbocycles. The lowest BCUT2D eigenvalue weighted by atomic mass is 10.1. The van der Waals surface area contributed by atoms with E-state index < -0.39 is 33.8 Å². The maximum atomic E-state index is 12.4. The van der Waals surface area contributed by atoms with Crippen molar-refractivity contribution >= 4 is 39.0 Å². The van der Waals surface area contributed by atoms with Crippen LogP contribution in [0.4, 0.5) is 0 Å². The molecule has 2 rings (SSSR count). The quantitative estimate of drug-likeness (QED) is 0.462. The van der Waals surface area contributed by atoms with Crippen LogP contribution in [0.15, 0.2) is 46.3 Å². The second-order valence-corrected chi connectivity index (χ2v) is 6.92. The molecule has 0 saturated carbocycles. The van der Waals surface area contributed by atoms with Crippen molar-refractivity contribution in [3.63, 3.8) is 0 Å². The summed E-state index contributed by atoms with van der Waals surface area (Å²) in [4.78, 5) is 35.4. The highest BCUT2D eigenvalue weighted by molar-refractivity contribution is 7.91. The average Bonchev–Trinajstić information content (AvgIpc) is 2.98. The number of hydrogen-bond donors (Lipinski definition) is 2. The molecule has 2 N–H and O–H groups in total. The predicted molar refractivity (Wildman–Crippen MR) is 79.3 cm³/mol. The van der Waals surface area contributed by atoms with Gasteiger partial charge >= 0.3 is 5.97 Å². The molecule has 7 nitrogen and oxygen atoms in total. The lowest BCUT2D eigenvalue weighted by Crippen LogP contribution is -2.17. The summed E-state index contributed by atoms with van der Waals surface area (Å²) in [5, 5.41) is 8.84. The van der Waals surface area contributed by atoms with E-state index in [2.05, 4.69) is 4.98 Å². The van der Waals surface area contributed by atoms with Gasteiger partial charge in [0.25, 0.3) is 0 Å². The van der Waals surface area contributed by atoms with E-state index in [1.807, 2.05) is 0 Å². The van der Waals surface area contributed by atoms with Gasteiger partial charge in [-0.1, -0.05) is 11.6 Å². The van der Waals surface area contributed by atoms with Crippen molar-refractivity contribution in [1.29, 1.82) is 0 Å². The third kappa shape index (κ3) is 3.66. The fourth-order valence-corrected chi connectivity index (χ4v) is 3.14. The molecule has 1 aromatic carbocycles. The van der Waals surface area contributed by atoms with Crippen molar-refractivity contribution in [3.05, 3.63) is 47.2 Å². The lowest BCUT2D eigenvalue weighted by molar-refractivity contribution is -0.148. The summed E-state index contributed by atoms with van der Waals surface area (Å²) in [5.74, 6) is -3.81. The molecular formula is C14H10ClNO6S. The predicted octanol–water partition coefficient (Wildman–Crippen LogP) is 1.73. The highest BCUT2D eigenvalue weighted by atomic mass is 35.5. The van der Waals surface area contributed by atoms with Crippen molar-refractivity contribution < 1.29 is 27.9 Å². The van der Waals surface area contributed by atoms with E-state index in [4.69, 9.17) is 16.7 Å². The first-order valence-electron chi connectivity index (χ1n) is 6.20. The molecule has 0 saturated heterocycles. The number of H-pyrrole nitrogens is 1. The number of rotatable bonds is 6. The number of halogens is 1. The Balaban J connectivity index is 2.28. The van der Waals surface area contributed by atoms with E-state index in [9.17, 15) is 22.8 Å². The van der Waals surface area contributed by atoms with E-state index in [0.717, 1.165) is 12.3 Å². The van der Waals surface area contributed by atoms with Crippen LogP contribution in [0.2, 0.25) is 5.02 Å². The minimum absolute atomic E-state index is 0.0125. The molecule has 0 fully saturated rings. The third-order valence-electron chi connectivity index (χ3n) is 2.95. The Morgan fingerprint density at radius 1 is 1.09 bits per heavy atom. The number of aromatic amines is 1. The van der Waals surface area contributed by atoms with Gasteiger partial charge in [0.2, 0.25) is 15.6 Å². The highest BCUT2D eigenvalue weighted by Crippen LogP contribution is 2.23. The van der Waals surface area contributed by atoms with Crippen molar-refractivity contribution in [2.24, 2.45) is 0 Å². The zero-order valence-corrected chi connectivity index (χ0v) is 13.0. The SMILES string of the molecule is O=C(O)C(=O)CC(=O)c1cc(S(=O)(=O)c2ccc(Cl)cc2)c[nH]1. The molecule has 23 heavy (non-hydrogen) atoms. The van der Waals surface area contributed by atoms with Gasteiger partial charge < -0.3 is 10.1 Å². The highest BCUT2D eigenvalue weighted by Gasteiger charge is 2.23. The van der Waals surface area contributed by atoms with Crippen LogP contribution in [0.5, 0.6) is 0 Å². The smallest absolute Gasteiger partial charge is 0.372 e. The van der Waals surface area contributed by atoms with Gasteiger partial charge in [0.05, 0.1) is 21.9 Å². The monoisotopic (exact) mass is 355 g/mol. The summed E-state index contributed by atoms with van der Waals surface area (Å²) in [6, 6.07) is 6.53. The first-order valence-corrected chi connectivity index (χ1v) is 8.06. The molecule has 1 heterocycles. The van der Waals surface area contributed by atoms with Gasteiger partial charge in [-0.2, -0.15) is 0 Å². The molecule has 1 aromatic heterocycles.